The highest BCUT2D eigenvalue weighted by Crippen LogP contribution is 2.30. The minimum Gasteiger partial charge on any atom is -0.337 e. The van der Waals surface area contributed by atoms with E-state index in [4.69, 9.17) is 5.73 Å². The number of amides is 1. The van der Waals surface area contributed by atoms with E-state index in [1.54, 1.807) is 30.1 Å². The molecule has 1 saturated heterocycles. The summed E-state index contributed by atoms with van der Waals surface area (Å²) in [5, 5.41) is 0. The molecular weight excluding hydrogens is 207 g/mol. The molecule has 1 heterocycles. The van der Waals surface area contributed by atoms with Gasteiger partial charge in [0.15, 0.2) is 0 Å². The summed E-state index contributed by atoms with van der Waals surface area (Å²) in [5.74, 6) is -0.278. The van der Waals surface area contributed by atoms with Gasteiger partial charge in [-0.15, -0.1) is 0 Å². The standard InChI is InChI=1S/C12H15FN2O/c1-15-11(16)7-6-10(14)12(15)8-4-2-3-5-9(8)13/h2-5,10,12H,6-7,14H2,1H3. The Morgan fingerprint density at radius 1 is 1.44 bits per heavy atom. The topological polar surface area (TPSA) is 46.3 Å². The molecule has 1 amide bonds. The lowest BCUT2D eigenvalue weighted by Crippen LogP contribution is -2.47. The van der Waals surface area contributed by atoms with Crippen molar-refractivity contribution in [3.05, 3.63) is 35.6 Å². The van der Waals surface area contributed by atoms with E-state index in [0.29, 0.717) is 18.4 Å². The maximum Gasteiger partial charge on any atom is 0.222 e. The van der Waals surface area contributed by atoms with Crippen molar-refractivity contribution in [2.75, 3.05) is 7.05 Å². The summed E-state index contributed by atoms with van der Waals surface area (Å²) in [4.78, 5) is 13.1. The van der Waals surface area contributed by atoms with Crippen molar-refractivity contribution in [3.8, 4) is 0 Å². The predicted molar refractivity (Wildman–Crippen MR) is 59.1 cm³/mol. The number of hydrogen-bond donors (Lipinski definition) is 1. The van der Waals surface area contributed by atoms with Gasteiger partial charge < -0.3 is 10.6 Å². The molecular formula is C12H15FN2O. The number of likely N-dealkylation sites (N-methyl/N-ethyl adjacent to an activating group) is 1. The lowest BCUT2D eigenvalue weighted by Gasteiger charge is -2.37. The minimum absolute atomic E-state index is 0.0231. The fraction of sp³-hybridized carbons (Fsp3) is 0.417. The largest absolute Gasteiger partial charge is 0.337 e. The molecule has 3 nitrogen and oxygen atoms in total. The number of carbonyl (C=O) groups is 1. The van der Waals surface area contributed by atoms with Crippen LogP contribution in [0.2, 0.25) is 0 Å². The van der Waals surface area contributed by atoms with Crippen LogP contribution in [-0.2, 0) is 4.79 Å². The zero-order valence-electron chi connectivity index (χ0n) is 9.19. The molecule has 2 unspecified atom stereocenters. The minimum atomic E-state index is -0.345. The first kappa shape index (κ1) is 11.1. The number of piperidine rings is 1. The van der Waals surface area contributed by atoms with Crippen LogP contribution in [0.25, 0.3) is 0 Å². The molecule has 1 aromatic carbocycles. The molecule has 2 N–H and O–H groups in total. The van der Waals surface area contributed by atoms with Crippen LogP contribution in [0.4, 0.5) is 4.39 Å². The summed E-state index contributed by atoms with van der Waals surface area (Å²) in [6.45, 7) is 0. The zero-order chi connectivity index (χ0) is 11.7. The number of likely N-dealkylation sites (tertiary alicyclic amines) is 1. The summed E-state index contributed by atoms with van der Waals surface area (Å²) in [7, 11) is 1.68. The Balaban J connectivity index is 2.37. The van der Waals surface area contributed by atoms with Crippen molar-refractivity contribution in [2.24, 2.45) is 5.73 Å². The van der Waals surface area contributed by atoms with Gasteiger partial charge in [-0.3, -0.25) is 4.79 Å². The van der Waals surface area contributed by atoms with Gasteiger partial charge in [-0.2, -0.15) is 0 Å². The first-order valence-corrected chi connectivity index (χ1v) is 5.37. The van der Waals surface area contributed by atoms with Gasteiger partial charge in [0.05, 0.1) is 6.04 Å². The van der Waals surface area contributed by atoms with Gasteiger partial charge in [0.2, 0.25) is 5.91 Å². The molecule has 16 heavy (non-hydrogen) atoms. The normalized spacial score (nSPS) is 25.9. The SMILES string of the molecule is CN1C(=O)CCC(N)C1c1ccccc1F. The van der Waals surface area contributed by atoms with E-state index in [9.17, 15) is 9.18 Å². The number of nitrogens with zero attached hydrogens (tertiary/aromatic N) is 1. The maximum absolute atomic E-state index is 13.7. The molecule has 1 aliphatic rings. The van der Waals surface area contributed by atoms with Crippen molar-refractivity contribution in [3.63, 3.8) is 0 Å². The molecule has 0 saturated carbocycles. The van der Waals surface area contributed by atoms with E-state index in [1.807, 2.05) is 0 Å². The Labute approximate surface area is 94.0 Å². The van der Waals surface area contributed by atoms with E-state index < -0.39 is 0 Å². The van der Waals surface area contributed by atoms with Crippen molar-refractivity contribution in [1.29, 1.82) is 0 Å². The number of benzene rings is 1. The molecule has 0 bridgehead atoms. The number of halogens is 1. The Morgan fingerprint density at radius 3 is 2.81 bits per heavy atom. The van der Waals surface area contributed by atoms with Crippen LogP contribution in [0.1, 0.15) is 24.4 Å². The highest BCUT2D eigenvalue weighted by atomic mass is 19.1. The van der Waals surface area contributed by atoms with Gasteiger partial charge in [0, 0.05) is 25.1 Å². The average molecular weight is 222 g/mol. The van der Waals surface area contributed by atoms with Crippen LogP contribution in [-0.4, -0.2) is 23.9 Å². The molecule has 86 valence electrons. The Kier molecular flexibility index (Phi) is 2.92. The second kappa shape index (κ2) is 4.22. The first-order valence-electron chi connectivity index (χ1n) is 5.37. The van der Waals surface area contributed by atoms with Crippen LogP contribution in [0, 0.1) is 5.82 Å². The van der Waals surface area contributed by atoms with Gasteiger partial charge in [0.25, 0.3) is 0 Å². The third kappa shape index (κ3) is 1.80. The fourth-order valence-electron chi connectivity index (χ4n) is 2.22. The third-order valence-electron chi connectivity index (χ3n) is 3.13. The van der Waals surface area contributed by atoms with E-state index in [-0.39, 0.29) is 23.8 Å². The quantitative estimate of drug-likeness (QED) is 0.781. The maximum atomic E-state index is 13.7. The van der Waals surface area contributed by atoms with Crippen molar-refractivity contribution in [2.45, 2.75) is 24.9 Å². The van der Waals surface area contributed by atoms with Crippen molar-refractivity contribution >= 4 is 5.91 Å². The molecule has 2 atom stereocenters. The van der Waals surface area contributed by atoms with Crippen LogP contribution in [0.5, 0.6) is 0 Å². The Hall–Kier alpha value is -1.42. The van der Waals surface area contributed by atoms with Crippen LogP contribution in [0.15, 0.2) is 24.3 Å². The Morgan fingerprint density at radius 2 is 2.12 bits per heavy atom. The fourth-order valence-corrected chi connectivity index (χ4v) is 2.22. The van der Waals surface area contributed by atoms with Crippen LogP contribution < -0.4 is 5.73 Å². The van der Waals surface area contributed by atoms with Gasteiger partial charge >= 0.3 is 0 Å². The van der Waals surface area contributed by atoms with Gasteiger partial charge in [-0.05, 0) is 12.5 Å². The van der Waals surface area contributed by atoms with E-state index in [2.05, 4.69) is 0 Å². The van der Waals surface area contributed by atoms with Gasteiger partial charge in [0.1, 0.15) is 5.82 Å². The third-order valence-corrected chi connectivity index (χ3v) is 3.13. The molecule has 0 aromatic heterocycles. The van der Waals surface area contributed by atoms with Gasteiger partial charge in [-0.1, -0.05) is 18.2 Å². The highest BCUT2D eigenvalue weighted by molar-refractivity contribution is 5.77. The average Bonchev–Trinajstić information content (AvgIpc) is 2.27. The summed E-state index contributed by atoms with van der Waals surface area (Å²) >= 11 is 0. The molecule has 0 spiro atoms. The number of nitrogens with two attached hydrogens (primary N) is 1. The number of carbonyl (C=O) groups excluding carboxylic acids is 1. The molecule has 0 radical (unpaired) electrons. The van der Waals surface area contributed by atoms with Crippen LogP contribution in [0.3, 0.4) is 0 Å². The second-order valence-corrected chi connectivity index (χ2v) is 4.17. The predicted octanol–water partition coefficient (Wildman–Crippen LogP) is 1.45. The second-order valence-electron chi connectivity index (χ2n) is 4.17. The summed E-state index contributed by atoms with van der Waals surface area (Å²) < 4.78 is 13.7. The van der Waals surface area contributed by atoms with E-state index in [0.717, 1.165) is 0 Å². The molecule has 1 fully saturated rings. The summed E-state index contributed by atoms with van der Waals surface area (Å²) in [6.07, 6.45) is 1.06. The number of hydrogen-bond acceptors (Lipinski definition) is 2. The lowest BCUT2D eigenvalue weighted by atomic mass is 9.91. The van der Waals surface area contributed by atoms with Gasteiger partial charge in [-0.25, -0.2) is 4.39 Å². The van der Waals surface area contributed by atoms with E-state index in [1.165, 1.54) is 6.07 Å². The molecule has 0 aliphatic carbocycles. The van der Waals surface area contributed by atoms with Crippen molar-refractivity contribution < 1.29 is 9.18 Å². The molecule has 1 aromatic rings. The van der Waals surface area contributed by atoms with Crippen LogP contribution >= 0.6 is 0 Å². The van der Waals surface area contributed by atoms with Crippen molar-refractivity contribution in [1.82, 2.24) is 4.90 Å². The monoisotopic (exact) mass is 222 g/mol. The zero-order valence-corrected chi connectivity index (χ0v) is 9.19. The molecule has 4 heteroatoms. The Bertz CT molecular complexity index is 408. The molecule has 2 rings (SSSR count). The summed E-state index contributed by atoms with van der Waals surface area (Å²) in [6, 6.07) is 5.94. The first-order chi connectivity index (χ1) is 7.61. The highest BCUT2D eigenvalue weighted by Gasteiger charge is 2.33. The number of rotatable bonds is 1. The van der Waals surface area contributed by atoms with E-state index >= 15 is 0 Å². The summed E-state index contributed by atoms with van der Waals surface area (Å²) in [5.41, 5.74) is 6.48. The lowest BCUT2D eigenvalue weighted by molar-refractivity contribution is -0.135. The molecule has 1 aliphatic heterocycles. The smallest absolute Gasteiger partial charge is 0.222 e.